The van der Waals surface area contributed by atoms with E-state index in [-0.39, 0.29) is 15.9 Å². The summed E-state index contributed by atoms with van der Waals surface area (Å²) in [5, 5.41) is 0.152. The Morgan fingerprint density at radius 1 is 1.09 bits per heavy atom. The number of fused-ring (bicyclic) bond motifs is 1. The summed E-state index contributed by atoms with van der Waals surface area (Å²) in [5.74, 6) is 0. The number of aromatic nitrogens is 1. The maximum Gasteiger partial charge on any atom is 0.433 e. The lowest BCUT2D eigenvalue weighted by molar-refractivity contribution is -0.140. The number of hydrogen-bond acceptors (Lipinski definition) is 2. The van der Waals surface area contributed by atoms with Crippen molar-refractivity contribution in [2.75, 3.05) is 0 Å². The Morgan fingerprint density at radius 3 is 2.27 bits per heavy atom. The van der Waals surface area contributed by atoms with Gasteiger partial charge in [0, 0.05) is 10.4 Å². The molecule has 0 atom stereocenters. The molecule has 118 valence electrons. The van der Waals surface area contributed by atoms with Crippen molar-refractivity contribution < 1.29 is 26.3 Å². The van der Waals surface area contributed by atoms with Gasteiger partial charge < -0.3 is 0 Å². The SMILES string of the molecule is CC(=Nc1cc(C(F)(F)F)nc2ccc(Cl)cc12)C(F)(F)F. The van der Waals surface area contributed by atoms with Crippen molar-refractivity contribution in [1.29, 1.82) is 0 Å². The average molecular weight is 341 g/mol. The van der Waals surface area contributed by atoms with Gasteiger partial charge in [-0.3, -0.25) is 0 Å². The Labute approximate surface area is 125 Å². The van der Waals surface area contributed by atoms with E-state index in [1.165, 1.54) is 18.2 Å². The second kappa shape index (κ2) is 5.42. The molecule has 0 aliphatic carbocycles. The summed E-state index contributed by atoms with van der Waals surface area (Å²) >= 11 is 5.73. The van der Waals surface area contributed by atoms with Gasteiger partial charge in [-0.15, -0.1) is 0 Å². The van der Waals surface area contributed by atoms with Gasteiger partial charge in [0.25, 0.3) is 0 Å². The van der Waals surface area contributed by atoms with Crippen molar-refractivity contribution in [3.05, 3.63) is 35.0 Å². The summed E-state index contributed by atoms with van der Waals surface area (Å²) in [7, 11) is 0. The van der Waals surface area contributed by atoms with Gasteiger partial charge in [-0.05, 0) is 31.2 Å². The van der Waals surface area contributed by atoms with E-state index in [2.05, 4.69) is 9.98 Å². The molecule has 1 aromatic carbocycles. The first-order valence-electron chi connectivity index (χ1n) is 5.78. The van der Waals surface area contributed by atoms with E-state index >= 15 is 0 Å². The summed E-state index contributed by atoms with van der Waals surface area (Å²) in [6.07, 6.45) is -9.54. The van der Waals surface area contributed by atoms with Crippen molar-refractivity contribution in [1.82, 2.24) is 4.98 Å². The molecule has 1 aromatic heterocycles. The monoisotopic (exact) mass is 340 g/mol. The molecule has 0 bridgehead atoms. The van der Waals surface area contributed by atoms with Crippen molar-refractivity contribution in [2.24, 2.45) is 4.99 Å². The van der Waals surface area contributed by atoms with E-state index in [1.807, 2.05) is 0 Å². The highest BCUT2D eigenvalue weighted by atomic mass is 35.5. The van der Waals surface area contributed by atoms with Gasteiger partial charge in [-0.2, -0.15) is 26.3 Å². The fourth-order valence-corrected chi connectivity index (χ4v) is 1.83. The van der Waals surface area contributed by atoms with E-state index in [1.54, 1.807) is 0 Å². The molecule has 2 rings (SSSR count). The molecule has 2 aromatic rings. The summed E-state index contributed by atoms with van der Waals surface area (Å²) < 4.78 is 76.0. The lowest BCUT2D eigenvalue weighted by Gasteiger charge is -2.11. The smallest absolute Gasteiger partial charge is 0.248 e. The third kappa shape index (κ3) is 3.49. The maximum atomic E-state index is 12.8. The predicted octanol–water partition coefficient (Wildman–Crippen LogP) is 5.56. The quantitative estimate of drug-likeness (QED) is 0.492. The number of halogens is 7. The highest BCUT2D eigenvalue weighted by Crippen LogP contribution is 2.36. The third-order valence-electron chi connectivity index (χ3n) is 2.74. The van der Waals surface area contributed by atoms with Gasteiger partial charge in [-0.25, -0.2) is 9.98 Å². The lowest BCUT2D eigenvalue weighted by Crippen LogP contribution is -2.19. The number of aliphatic imine (C=N–C) groups is 1. The second-order valence-electron chi connectivity index (χ2n) is 4.38. The lowest BCUT2D eigenvalue weighted by atomic mass is 10.1. The van der Waals surface area contributed by atoms with Crippen LogP contribution in [-0.2, 0) is 6.18 Å². The van der Waals surface area contributed by atoms with Crippen LogP contribution in [0.4, 0.5) is 32.0 Å². The summed E-state index contributed by atoms with van der Waals surface area (Å²) in [6, 6.07) is 4.16. The zero-order valence-corrected chi connectivity index (χ0v) is 11.6. The van der Waals surface area contributed by atoms with Crippen molar-refractivity contribution in [3.8, 4) is 0 Å². The number of benzene rings is 1. The first-order chi connectivity index (χ1) is 9.98. The predicted molar refractivity (Wildman–Crippen MR) is 70.6 cm³/mol. The van der Waals surface area contributed by atoms with Crippen LogP contribution in [0.2, 0.25) is 5.02 Å². The first kappa shape index (κ1) is 16.5. The summed E-state index contributed by atoms with van der Waals surface area (Å²) in [4.78, 5) is 6.65. The van der Waals surface area contributed by atoms with E-state index in [9.17, 15) is 26.3 Å². The Morgan fingerprint density at radius 2 is 1.73 bits per heavy atom. The van der Waals surface area contributed by atoms with E-state index in [0.717, 1.165) is 0 Å². The van der Waals surface area contributed by atoms with Crippen molar-refractivity contribution in [2.45, 2.75) is 19.3 Å². The van der Waals surface area contributed by atoms with Crippen LogP contribution in [0.3, 0.4) is 0 Å². The zero-order valence-electron chi connectivity index (χ0n) is 10.8. The van der Waals surface area contributed by atoms with Gasteiger partial charge in [-0.1, -0.05) is 11.6 Å². The molecule has 0 saturated heterocycles. The van der Waals surface area contributed by atoms with Crippen LogP contribution in [0.1, 0.15) is 12.6 Å². The molecule has 22 heavy (non-hydrogen) atoms. The summed E-state index contributed by atoms with van der Waals surface area (Å²) in [5.41, 5.74) is -3.23. The topological polar surface area (TPSA) is 25.2 Å². The molecule has 2 nitrogen and oxygen atoms in total. The Hall–Kier alpha value is -1.83. The van der Waals surface area contributed by atoms with Crippen LogP contribution in [0.15, 0.2) is 29.3 Å². The normalized spacial score (nSPS) is 13.7. The Kier molecular flexibility index (Phi) is 4.08. The fraction of sp³-hybridized carbons (Fsp3) is 0.231. The highest BCUT2D eigenvalue weighted by molar-refractivity contribution is 6.31. The van der Waals surface area contributed by atoms with Gasteiger partial charge in [0.15, 0.2) is 0 Å². The largest absolute Gasteiger partial charge is 0.433 e. The molecule has 0 fully saturated rings. The van der Waals surface area contributed by atoms with Crippen LogP contribution in [0, 0.1) is 0 Å². The van der Waals surface area contributed by atoms with Gasteiger partial charge >= 0.3 is 12.4 Å². The molecule has 0 radical (unpaired) electrons. The van der Waals surface area contributed by atoms with Crippen molar-refractivity contribution >= 4 is 33.9 Å². The zero-order chi connectivity index (χ0) is 16.7. The number of hydrogen-bond donors (Lipinski definition) is 0. The molecule has 0 saturated carbocycles. The molecule has 0 spiro atoms. The van der Waals surface area contributed by atoms with Crippen LogP contribution in [-0.4, -0.2) is 16.9 Å². The molecule has 9 heteroatoms. The van der Waals surface area contributed by atoms with E-state index in [0.29, 0.717) is 13.0 Å². The minimum atomic E-state index is -4.80. The fourth-order valence-electron chi connectivity index (χ4n) is 1.66. The minimum Gasteiger partial charge on any atom is -0.248 e. The molecule has 1 heterocycles. The number of nitrogens with zero attached hydrogens (tertiary/aromatic N) is 2. The Balaban J connectivity index is 2.77. The molecule has 0 amide bonds. The first-order valence-corrected chi connectivity index (χ1v) is 6.16. The van der Waals surface area contributed by atoms with Crippen molar-refractivity contribution in [3.63, 3.8) is 0 Å². The van der Waals surface area contributed by atoms with Gasteiger partial charge in [0.05, 0.1) is 11.2 Å². The molecule has 0 N–H and O–H groups in total. The molecule has 0 aliphatic rings. The molecule has 0 unspecified atom stereocenters. The molecular weight excluding hydrogens is 334 g/mol. The van der Waals surface area contributed by atoms with E-state index < -0.39 is 29.4 Å². The van der Waals surface area contributed by atoms with Crippen LogP contribution < -0.4 is 0 Å². The van der Waals surface area contributed by atoms with Gasteiger partial charge in [0.1, 0.15) is 11.4 Å². The van der Waals surface area contributed by atoms with Crippen LogP contribution in [0.25, 0.3) is 10.9 Å². The highest BCUT2D eigenvalue weighted by Gasteiger charge is 2.35. The van der Waals surface area contributed by atoms with Gasteiger partial charge in [0.2, 0.25) is 0 Å². The average Bonchev–Trinajstić information content (AvgIpc) is 2.36. The minimum absolute atomic E-state index is 0.00380. The third-order valence-corrected chi connectivity index (χ3v) is 2.97. The second-order valence-corrected chi connectivity index (χ2v) is 4.82. The standard InChI is InChI=1S/C13H7ClF6N2/c1-6(12(15,16)17)21-10-5-11(13(18,19)20)22-9-3-2-7(14)4-8(9)10/h2-5H,1H3. The molecule has 0 aliphatic heterocycles. The van der Waals surface area contributed by atoms with E-state index in [4.69, 9.17) is 11.6 Å². The van der Waals surface area contributed by atoms with Crippen LogP contribution >= 0.6 is 11.6 Å². The van der Waals surface area contributed by atoms with Crippen LogP contribution in [0.5, 0.6) is 0 Å². The number of alkyl halides is 6. The summed E-state index contributed by atoms with van der Waals surface area (Å²) in [6.45, 7) is 0.671. The number of pyridine rings is 1. The molecular formula is C13H7ClF6N2. The number of rotatable bonds is 1. The maximum absolute atomic E-state index is 12.8. The Bertz CT molecular complexity index is 749.